The molecule has 0 saturated carbocycles. The van der Waals surface area contributed by atoms with Crippen molar-refractivity contribution < 1.29 is 66.8 Å². The molecule has 0 saturated heterocycles. The Hall–Kier alpha value is -6.98. The summed E-state index contributed by atoms with van der Waals surface area (Å²) >= 11 is 0. The topological polar surface area (TPSA) is 242 Å². The van der Waals surface area contributed by atoms with Crippen LogP contribution in [0.25, 0.3) is 33.2 Å². The van der Waals surface area contributed by atoms with Crippen LogP contribution in [0, 0.1) is 0 Å². The molecule has 0 bridgehead atoms. The molecule has 0 unspecified atom stereocenters. The van der Waals surface area contributed by atoms with Crippen LogP contribution in [-0.4, -0.2) is 102 Å². The number of nitrogens with zero attached hydrogens (tertiary/aromatic N) is 2. The second-order valence-corrected chi connectivity index (χ2v) is 27.1. The summed E-state index contributed by atoms with van der Waals surface area (Å²) in [5.41, 5.74) is -6.31. The average Bonchev–Trinajstić information content (AvgIpc) is 3.27. The molecule has 0 fully saturated rings. The smallest absolute Gasteiger partial charge is 0.306 e. The van der Waals surface area contributed by atoms with E-state index in [1.54, 1.807) is 185 Å². The van der Waals surface area contributed by atoms with Gasteiger partial charge in [0.15, 0.2) is 0 Å². The summed E-state index contributed by atoms with van der Waals surface area (Å²) in [5.74, 6) is -4.55. The Bertz CT molecular complexity index is 2600. The summed E-state index contributed by atoms with van der Waals surface area (Å²) < 4.78 is 34.1. The predicted octanol–water partition coefficient (Wildman–Crippen LogP) is 12.1. The van der Waals surface area contributed by atoms with Gasteiger partial charge in [0.2, 0.25) is 0 Å². The fourth-order valence-corrected chi connectivity index (χ4v) is 9.13. The van der Waals surface area contributed by atoms with Crippen LogP contribution in [0.1, 0.15) is 222 Å². The minimum absolute atomic E-state index is 0.0331. The first-order valence-electron chi connectivity index (χ1n) is 28.3. The molecule has 2 aromatic carbocycles. The maximum Gasteiger partial charge on any atom is 0.306 e. The second kappa shape index (κ2) is 26.9. The third kappa shape index (κ3) is 23.5. The predicted molar refractivity (Wildman–Crippen MR) is 313 cm³/mol. The van der Waals surface area contributed by atoms with Crippen LogP contribution in [0.15, 0.2) is 60.7 Å². The van der Waals surface area contributed by atoms with Gasteiger partial charge in [-0.2, -0.15) is 0 Å². The van der Waals surface area contributed by atoms with Crippen molar-refractivity contribution in [2.45, 2.75) is 246 Å². The van der Waals surface area contributed by atoms with E-state index < -0.39 is 92.3 Å². The number of hydrogen-bond donors (Lipinski definition) is 2. The zero-order chi connectivity index (χ0) is 61.9. The summed E-state index contributed by atoms with van der Waals surface area (Å²) in [5, 5.41) is 7.24. The fraction of sp³-hybridized carbons (Fsp3) is 0.594. The standard InChI is InChI=1S/C64H90N4O14/c1-57(2,3)77-49(69)27-33-63(34-28-50(70)78-58(4,5)6,35-29-51(71)79-59(7,8)9)67-55(75)43-39-47(65-45-25-21-19-23-41(43)45)48-40-44(42-24-20-22-26-46(42)66-48)56(76)68-64(36-30-52(72)80-60(10,11)12,37-31-53(73)81-61(13,14)15)38-32-54(74)82-62(16,17)18/h19-26,39-40H,27-38H2,1-18H3,(H,67,75)(H,68,76). The summed E-state index contributed by atoms with van der Waals surface area (Å²) in [4.78, 5) is 121. The number of nitrogens with one attached hydrogen (secondary N) is 2. The molecule has 0 atom stereocenters. The highest BCUT2D eigenvalue weighted by molar-refractivity contribution is 6.09. The van der Waals surface area contributed by atoms with E-state index >= 15 is 9.59 Å². The van der Waals surface area contributed by atoms with E-state index in [4.69, 9.17) is 38.4 Å². The number of carbonyl (C=O) groups is 8. The molecule has 4 rings (SSSR count). The molecule has 0 aliphatic rings. The zero-order valence-corrected chi connectivity index (χ0v) is 51.9. The number of fused-ring (bicyclic) bond motifs is 2. The summed E-state index contributed by atoms with van der Waals surface area (Å²) in [6.07, 6.45) is -1.29. The Labute approximate surface area is 484 Å². The Morgan fingerprint density at radius 1 is 0.341 bits per heavy atom. The molecule has 4 aromatic rings. The molecule has 82 heavy (non-hydrogen) atoms. The third-order valence-electron chi connectivity index (χ3n) is 12.3. The third-order valence-corrected chi connectivity index (χ3v) is 12.3. The lowest BCUT2D eigenvalue weighted by Gasteiger charge is -2.36. The van der Waals surface area contributed by atoms with Crippen molar-refractivity contribution in [2.24, 2.45) is 0 Å². The Balaban J connectivity index is 1.93. The maximum absolute atomic E-state index is 15.3. The largest absolute Gasteiger partial charge is 0.460 e. The minimum Gasteiger partial charge on any atom is -0.460 e. The van der Waals surface area contributed by atoms with Crippen LogP contribution in [0.4, 0.5) is 0 Å². The van der Waals surface area contributed by atoms with Gasteiger partial charge in [-0.25, -0.2) is 9.97 Å². The number of ether oxygens (including phenoxy) is 6. The first-order valence-corrected chi connectivity index (χ1v) is 28.3. The van der Waals surface area contributed by atoms with Crippen molar-refractivity contribution in [3.8, 4) is 11.4 Å². The molecule has 0 spiro atoms. The van der Waals surface area contributed by atoms with Crippen molar-refractivity contribution in [3.05, 3.63) is 71.8 Å². The lowest BCUT2D eigenvalue weighted by Crippen LogP contribution is -2.50. The highest BCUT2D eigenvalue weighted by Crippen LogP contribution is 2.34. The molecular formula is C64H90N4O14. The summed E-state index contributed by atoms with van der Waals surface area (Å²) in [6.45, 7) is 31.3. The number of aromatic nitrogens is 2. The number of carbonyl (C=O) groups excluding carboxylic acids is 8. The number of hydrogen-bond acceptors (Lipinski definition) is 16. The Kier molecular flexibility index (Phi) is 22.2. The van der Waals surface area contributed by atoms with Crippen LogP contribution in [0.5, 0.6) is 0 Å². The van der Waals surface area contributed by atoms with Crippen molar-refractivity contribution in [3.63, 3.8) is 0 Å². The molecule has 2 N–H and O–H groups in total. The molecule has 0 aliphatic heterocycles. The highest BCUT2D eigenvalue weighted by atomic mass is 16.6. The molecule has 18 heteroatoms. The van der Waals surface area contributed by atoms with Gasteiger partial charge in [-0.3, -0.25) is 38.4 Å². The molecule has 0 radical (unpaired) electrons. The monoisotopic (exact) mass is 1140 g/mol. The number of amides is 2. The van der Waals surface area contributed by atoms with Crippen molar-refractivity contribution in [2.75, 3.05) is 0 Å². The highest BCUT2D eigenvalue weighted by Gasteiger charge is 2.39. The first kappa shape index (κ1) is 67.5. The van der Waals surface area contributed by atoms with E-state index in [1.165, 1.54) is 0 Å². The first-order chi connectivity index (χ1) is 37.5. The summed E-state index contributed by atoms with van der Waals surface area (Å²) in [7, 11) is 0. The van der Waals surface area contributed by atoms with Gasteiger partial charge in [-0.1, -0.05) is 36.4 Å². The van der Waals surface area contributed by atoms with Crippen molar-refractivity contribution >= 4 is 69.4 Å². The maximum atomic E-state index is 15.3. The van der Waals surface area contributed by atoms with Gasteiger partial charge in [0.05, 0.1) is 33.5 Å². The lowest BCUT2D eigenvalue weighted by molar-refractivity contribution is -0.158. The van der Waals surface area contributed by atoms with Crippen LogP contribution in [0.3, 0.4) is 0 Å². The molecule has 450 valence electrons. The van der Waals surface area contributed by atoms with E-state index in [2.05, 4.69) is 10.6 Å². The number of rotatable bonds is 23. The van der Waals surface area contributed by atoms with Crippen molar-refractivity contribution in [1.29, 1.82) is 0 Å². The second-order valence-electron chi connectivity index (χ2n) is 27.1. The quantitative estimate of drug-likeness (QED) is 0.0518. The summed E-state index contributed by atoms with van der Waals surface area (Å²) in [6, 6.07) is 17.0. The van der Waals surface area contributed by atoms with Gasteiger partial charge in [-0.15, -0.1) is 0 Å². The van der Waals surface area contributed by atoms with Gasteiger partial charge in [0.1, 0.15) is 33.6 Å². The van der Waals surface area contributed by atoms with Crippen molar-refractivity contribution in [1.82, 2.24) is 20.6 Å². The van der Waals surface area contributed by atoms with Crippen LogP contribution >= 0.6 is 0 Å². The number of pyridine rings is 2. The number of esters is 6. The van der Waals surface area contributed by atoms with Crippen LogP contribution < -0.4 is 10.6 Å². The molecule has 2 heterocycles. The minimum atomic E-state index is -1.39. The molecule has 18 nitrogen and oxygen atoms in total. The molecule has 2 aromatic heterocycles. The average molecular weight is 1140 g/mol. The lowest BCUT2D eigenvalue weighted by atomic mass is 9.83. The number of benzene rings is 2. The zero-order valence-electron chi connectivity index (χ0n) is 51.9. The van der Waals surface area contributed by atoms with Gasteiger partial charge in [0, 0.05) is 60.4 Å². The van der Waals surface area contributed by atoms with Gasteiger partial charge < -0.3 is 39.1 Å². The van der Waals surface area contributed by atoms with E-state index in [-0.39, 0.29) is 99.6 Å². The van der Waals surface area contributed by atoms with Crippen LogP contribution in [0.2, 0.25) is 0 Å². The Morgan fingerprint density at radius 2 is 0.549 bits per heavy atom. The van der Waals surface area contributed by atoms with E-state index in [0.29, 0.717) is 21.8 Å². The van der Waals surface area contributed by atoms with E-state index in [9.17, 15) is 28.8 Å². The number of para-hydroxylation sites is 2. The molecular weight excluding hydrogens is 1050 g/mol. The normalized spacial score (nSPS) is 12.8. The van der Waals surface area contributed by atoms with Crippen LogP contribution in [-0.2, 0) is 57.2 Å². The van der Waals surface area contributed by atoms with Gasteiger partial charge >= 0.3 is 35.8 Å². The van der Waals surface area contributed by atoms with E-state index in [1.807, 2.05) is 0 Å². The molecule has 0 aliphatic carbocycles. The van der Waals surface area contributed by atoms with Gasteiger partial charge in [0.25, 0.3) is 11.8 Å². The van der Waals surface area contributed by atoms with E-state index in [0.717, 1.165) is 0 Å². The molecule has 2 amide bonds. The van der Waals surface area contributed by atoms with Gasteiger partial charge in [-0.05, 0) is 187 Å². The SMILES string of the molecule is CC(C)(C)OC(=O)CCC(CCC(=O)OC(C)(C)C)(CCC(=O)OC(C)(C)C)NC(=O)c1cc(-c2cc(C(=O)NC(CCC(=O)OC(C)(C)C)(CCC(=O)OC(C)(C)C)CCC(=O)OC(C)(C)C)c3ccccc3n2)nc2ccccc12. The fourth-order valence-electron chi connectivity index (χ4n) is 9.13. The Morgan fingerprint density at radius 3 is 0.756 bits per heavy atom.